The van der Waals surface area contributed by atoms with Gasteiger partial charge in [-0.1, -0.05) is 23.3 Å². The molecule has 1 unspecified atom stereocenters. The van der Waals surface area contributed by atoms with Gasteiger partial charge in [0.2, 0.25) is 7.37 Å². The first-order valence-electron chi connectivity index (χ1n) is 8.04. The number of allylic oxidation sites excluding steroid dienone is 3. The van der Waals surface area contributed by atoms with Gasteiger partial charge in [-0.25, -0.2) is 0 Å². The van der Waals surface area contributed by atoms with E-state index in [1.807, 2.05) is 0 Å². The molecule has 8 nitrogen and oxygen atoms in total. The molecule has 0 spiro atoms. The van der Waals surface area contributed by atoms with Crippen LogP contribution in [0.1, 0.15) is 40.0 Å². The summed E-state index contributed by atoms with van der Waals surface area (Å²) in [7, 11) is -6.80. The molecule has 0 saturated heterocycles. The largest absolute Gasteiger partial charge is 0.343 e. The summed E-state index contributed by atoms with van der Waals surface area (Å²) in [5.41, 5.74) is 8.39. The zero-order valence-electron chi connectivity index (χ0n) is 15.5. The van der Waals surface area contributed by atoms with Crippen LogP contribution < -0.4 is 11.1 Å². The van der Waals surface area contributed by atoms with Crippen molar-refractivity contribution in [3.63, 3.8) is 0 Å². The minimum absolute atomic E-state index is 0.190. The van der Waals surface area contributed by atoms with Gasteiger partial charge in [0.05, 0.1) is 13.6 Å². The Morgan fingerprint density at radius 1 is 1.12 bits per heavy atom. The lowest BCUT2D eigenvalue weighted by Gasteiger charge is -2.12. The van der Waals surface area contributed by atoms with E-state index in [1.165, 1.54) is 11.1 Å². The lowest BCUT2D eigenvalue weighted by atomic mass is 10.1. The zero-order chi connectivity index (χ0) is 19.7. The van der Waals surface area contributed by atoms with Crippen molar-refractivity contribution in [3.05, 3.63) is 23.3 Å². The second-order valence-electron chi connectivity index (χ2n) is 6.45. The minimum Gasteiger partial charge on any atom is -0.342 e. The molecule has 0 amide bonds. The van der Waals surface area contributed by atoms with Gasteiger partial charge in [-0.15, -0.1) is 0 Å². The van der Waals surface area contributed by atoms with Crippen molar-refractivity contribution in [3.8, 4) is 0 Å². The molecule has 0 aliphatic rings. The molecule has 10 heteroatoms. The molecule has 0 heterocycles. The Hall–Kier alpha value is -0.910. The highest BCUT2D eigenvalue weighted by molar-refractivity contribution is 7.72. The molecule has 0 aliphatic heterocycles. The fraction of sp³-hybridized carbons (Fsp3) is 0.667. The molecule has 0 saturated carbocycles. The number of rotatable bonds is 10. The maximum atomic E-state index is 11.7. The van der Waals surface area contributed by atoms with E-state index in [0.29, 0.717) is 6.54 Å². The zero-order valence-corrected chi connectivity index (χ0v) is 17.3. The van der Waals surface area contributed by atoms with Crippen LogP contribution in [0.4, 0.5) is 0 Å². The van der Waals surface area contributed by atoms with Gasteiger partial charge in [0, 0.05) is 0 Å². The summed E-state index contributed by atoms with van der Waals surface area (Å²) in [5.74, 6) is -0.868. The van der Waals surface area contributed by atoms with Crippen LogP contribution in [0, 0.1) is 0 Å². The third kappa shape index (κ3) is 14.0. The molecule has 0 radical (unpaired) electrons. The standard InChI is InChI=1S/C15H31N3O5P2/c1-13(2)7-5-8-14(3)9-6-10-18(4)15(16)17-11-24(19,20)12-25(21,22)23/h7,9H,5-6,8,10-12H2,1-4H3,(H5,16,17,19,20,21,22,23)/p+1/b14-9+. The van der Waals surface area contributed by atoms with Crippen molar-refractivity contribution in [2.45, 2.75) is 40.0 Å². The summed E-state index contributed by atoms with van der Waals surface area (Å²) in [6.07, 6.45) is 6.64. The van der Waals surface area contributed by atoms with Crippen LogP contribution in [-0.4, -0.2) is 51.0 Å². The van der Waals surface area contributed by atoms with E-state index < -0.39 is 27.2 Å². The predicted molar refractivity (Wildman–Crippen MR) is 102 cm³/mol. The molecule has 0 aromatic heterocycles. The van der Waals surface area contributed by atoms with E-state index in [1.54, 1.807) is 11.6 Å². The molecule has 25 heavy (non-hydrogen) atoms. The molecular formula is C15H32N3O5P2+. The smallest absolute Gasteiger partial charge is 0.342 e. The van der Waals surface area contributed by atoms with Crippen LogP contribution in [-0.2, 0) is 9.13 Å². The third-order valence-electron chi connectivity index (χ3n) is 3.37. The Morgan fingerprint density at radius 2 is 1.72 bits per heavy atom. The molecule has 1 atom stereocenters. The molecule has 0 aromatic carbocycles. The predicted octanol–water partition coefficient (Wildman–Crippen LogP) is 1.98. The van der Waals surface area contributed by atoms with E-state index in [-0.39, 0.29) is 5.96 Å². The fourth-order valence-electron chi connectivity index (χ4n) is 1.99. The van der Waals surface area contributed by atoms with Gasteiger partial charge in [-0.2, -0.15) is 0 Å². The number of hydrogen-bond donors (Lipinski definition) is 5. The van der Waals surface area contributed by atoms with Crippen molar-refractivity contribution >= 4 is 20.9 Å². The number of nitrogens with one attached hydrogen (secondary N) is 1. The molecular weight excluding hydrogens is 364 g/mol. The minimum atomic E-state index is -4.54. The summed E-state index contributed by atoms with van der Waals surface area (Å²) in [4.78, 5) is 27.1. The topological polar surface area (TPSA) is 136 Å². The number of guanidine groups is 1. The van der Waals surface area contributed by atoms with Gasteiger partial charge in [-0.3, -0.25) is 24.8 Å². The van der Waals surface area contributed by atoms with Crippen molar-refractivity contribution < 1.29 is 28.4 Å². The molecule has 0 bridgehead atoms. The normalized spacial score (nSPS) is 16.0. The highest BCUT2D eigenvalue weighted by atomic mass is 31.2. The number of hydrogen-bond acceptors (Lipinski definition) is 2. The van der Waals surface area contributed by atoms with Crippen LogP contribution >= 0.6 is 15.0 Å². The average Bonchev–Trinajstić information content (AvgIpc) is 2.41. The van der Waals surface area contributed by atoms with Gasteiger partial charge < -0.3 is 14.7 Å². The fourth-order valence-corrected chi connectivity index (χ4v) is 5.10. The highest BCUT2D eigenvalue weighted by Crippen LogP contribution is 2.53. The second-order valence-corrected chi connectivity index (χ2v) is 10.9. The van der Waals surface area contributed by atoms with Gasteiger partial charge in [-0.05, 0) is 40.0 Å². The Labute approximate surface area is 150 Å². The Morgan fingerprint density at radius 3 is 2.24 bits per heavy atom. The first-order valence-corrected chi connectivity index (χ1v) is 11.9. The van der Waals surface area contributed by atoms with Gasteiger partial charge >= 0.3 is 13.6 Å². The van der Waals surface area contributed by atoms with Crippen molar-refractivity contribution in [1.29, 1.82) is 0 Å². The highest BCUT2D eigenvalue weighted by Gasteiger charge is 2.31. The Bertz CT molecular complexity index is 619. The first kappa shape index (κ1) is 24.1. The van der Waals surface area contributed by atoms with Crippen molar-refractivity contribution in [1.82, 2.24) is 5.32 Å². The summed E-state index contributed by atoms with van der Waals surface area (Å²) in [5, 5.41) is 2.57. The van der Waals surface area contributed by atoms with Gasteiger partial charge in [0.15, 0.2) is 0 Å². The van der Waals surface area contributed by atoms with E-state index in [0.717, 1.165) is 19.3 Å². The van der Waals surface area contributed by atoms with Crippen LogP contribution in [0.2, 0.25) is 0 Å². The molecule has 0 aromatic rings. The van der Waals surface area contributed by atoms with Crippen molar-refractivity contribution in [2.24, 2.45) is 5.73 Å². The molecule has 146 valence electrons. The summed E-state index contributed by atoms with van der Waals surface area (Å²) >= 11 is 0. The van der Waals surface area contributed by atoms with E-state index in [4.69, 9.17) is 15.5 Å². The second kappa shape index (κ2) is 10.9. The maximum Gasteiger partial charge on any atom is 0.343 e. The van der Waals surface area contributed by atoms with E-state index >= 15 is 0 Å². The van der Waals surface area contributed by atoms with Gasteiger partial charge in [0.25, 0.3) is 0 Å². The number of nitrogens with two attached hydrogens (primary N) is 1. The van der Waals surface area contributed by atoms with Crippen LogP contribution in [0.3, 0.4) is 0 Å². The Kier molecular flexibility index (Phi) is 10.5. The SMILES string of the molecule is CC(C)=CCC/C(C)=C/CC[N+](C)=C(N)NCP(=O)(O)CP(=O)(O)O. The molecule has 0 rings (SSSR count). The average molecular weight is 396 g/mol. The monoisotopic (exact) mass is 396 g/mol. The Balaban J connectivity index is 4.43. The first-order chi connectivity index (χ1) is 11.3. The molecule has 6 N–H and O–H groups in total. The molecule has 0 aliphatic carbocycles. The summed E-state index contributed by atoms with van der Waals surface area (Å²) in [6.45, 7) is 6.84. The van der Waals surface area contributed by atoms with Gasteiger partial charge in [0.1, 0.15) is 12.2 Å². The lowest BCUT2D eigenvalue weighted by Crippen LogP contribution is -2.40. The third-order valence-corrected chi connectivity index (χ3v) is 7.27. The van der Waals surface area contributed by atoms with Crippen molar-refractivity contribution in [2.75, 3.05) is 25.8 Å². The van der Waals surface area contributed by atoms with Crippen LogP contribution in [0.5, 0.6) is 0 Å². The quantitative estimate of drug-likeness (QED) is 0.125. The summed E-state index contributed by atoms with van der Waals surface area (Å²) in [6, 6.07) is 0. The molecule has 0 fully saturated rings. The maximum absolute atomic E-state index is 11.7. The summed E-state index contributed by atoms with van der Waals surface area (Å²) < 4.78 is 24.2. The number of nitrogens with zero attached hydrogens (tertiary/aromatic N) is 1. The lowest BCUT2D eigenvalue weighted by molar-refractivity contribution is -0.499. The van der Waals surface area contributed by atoms with Crippen LogP contribution in [0.15, 0.2) is 23.3 Å². The van der Waals surface area contributed by atoms with Crippen LogP contribution in [0.25, 0.3) is 0 Å². The van der Waals surface area contributed by atoms with E-state index in [9.17, 15) is 14.0 Å². The van der Waals surface area contributed by atoms with E-state index in [2.05, 4.69) is 38.2 Å².